The fourth-order valence-electron chi connectivity index (χ4n) is 1.23. The highest BCUT2D eigenvalue weighted by Gasteiger charge is 2.01. The maximum Gasteiger partial charge on any atom is 0.259 e. The number of carbonyl (C=O) groups is 1. The molecule has 0 atom stereocenters. The Balaban J connectivity index is 2.73. The van der Waals surface area contributed by atoms with Crippen LogP contribution in [-0.4, -0.2) is 10.9 Å². The smallest absolute Gasteiger partial charge is 0.259 e. The summed E-state index contributed by atoms with van der Waals surface area (Å²) in [5, 5.41) is 2.56. The third-order valence-electron chi connectivity index (χ3n) is 1.86. The maximum absolute atomic E-state index is 11.6. The molecule has 0 bridgehead atoms. The van der Waals surface area contributed by atoms with Crippen LogP contribution >= 0.6 is 11.3 Å². The van der Waals surface area contributed by atoms with E-state index < -0.39 is 0 Å². The number of pyridine rings is 1. The summed E-state index contributed by atoms with van der Waals surface area (Å²) >= 11 is 1.53. The van der Waals surface area contributed by atoms with Crippen LogP contribution in [0.3, 0.4) is 0 Å². The van der Waals surface area contributed by atoms with Crippen molar-refractivity contribution in [2.24, 2.45) is 0 Å². The van der Waals surface area contributed by atoms with Gasteiger partial charge in [0.1, 0.15) is 6.29 Å². The summed E-state index contributed by atoms with van der Waals surface area (Å²) in [5.41, 5.74) is -0.0918. The van der Waals surface area contributed by atoms with E-state index in [4.69, 9.17) is 0 Å². The molecule has 0 unspecified atom stereocenters. The molecule has 66 valence electrons. The first-order valence-corrected chi connectivity index (χ1v) is 4.71. The lowest BCUT2D eigenvalue weighted by molar-refractivity contribution is -0.108. The molecule has 3 nitrogen and oxygen atoms in total. The van der Waals surface area contributed by atoms with Crippen LogP contribution < -0.4 is 5.56 Å². The molecule has 0 saturated heterocycles. The SMILES string of the molecule is O=CCn1ccc2sccc2c1=O. The first kappa shape index (κ1) is 8.19. The number of aromatic nitrogens is 1. The molecule has 0 amide bonds. The van der Waals surface area contributed by atoms with Crippen molar-refractivity contribution in [2.75, 3.05) is 0 Å². The largest absolute Gasteiger partial charge is 0.308 e. The van der Waals surface area contributed by atoms with Gasteiger partial charge >= 0.3 is 0 Å². The van der Waals surface area contributed by atoms with Crippen molar-refractivity contribution >= 4 is 27.7 Å². The van der Waals surface area contributed by atoms with Crippen LogP contribution in [0.25, 0.3) is 10.1 Å². The van der Waals surface area contributed by atoms with Crippen LogP contribution in [0, 0.1) is 0 Å². The number of hydrogen-bond acceptors (Lipinski definition) is 3. The summed E-state index contributed by atoms with van der Waals surface area (Å²) in [6.45, 7) is 0.130. The first-order valence-electron chi connectivity index (χ1n) is 3.83. The van der Waals surface area contributed by atoms with Gasteiger partial charge in [0, 0.05) is 10.9 Å². The lowest BCUT2D eigenvalue weighted by Gasteiger charge is -1.98. The van der Waals surface area contributed by atoms with E-state index in [0.717, 1.165) is 11.0 Å². The number of aldehydes is 1. The molecule has 4 heteroatoms. The van der Waals surface area contributed by atoms with E-state index in [0.29, 0.717) is 5.39 Å². The Bertz CT molecular complexity index is 498. The average molecular weight is 193 g/mol. The Kier molecular flexibility index (Phi) is 1.98. The Labute approximate surface area is 78.2 Å². The molecule has 0 radical (unpaired) electrons. The van der Waals surface area contributed by atoms with Crippen molar-refractivity contribution < 1.29 is 4.79 Å². The molecule has 0 saturated carbocycles. The molecule has 0 aliphatic heterocycles. The van der Waals surface area contributed by atoms with Crippen molar-refractivity contribution in [1.82, 2.24) is 4.57 Å². The summed E-state index contributed by atoms with van der Waals surface area (Å²) in [4.78, 5) is 21.8. The number of fused-ring (bicyclic) bond motifs is 1. The second kappa shape index (κ2) is 3.14. The van der Waals surface area contributed by atoms with Gasteiger partial charge < -0.3 is 9.36 Å². The van der Waals surface area contributed by atoms with Gasteiger partial charge in [-0.1, -0.05) is 0 Å². The van der Waals surface area contributed by atoms with Gasteiger partial charge in [-0.25, -0.2) is 0 Å². The van der Waals surface area contributed by atoms with Gasteiger partial charge in [-0.2, -0.15) is 0 Å². The Hall–Kier alpha value is -1.42. The Morgan fingerprint density at radius 3 is 3.08 bits per heavy atom. The van der Waals surface area contributed by atoms with Gasteiger partial charge in [0.15, 0.2) is 0 Å². The molecular formula is C9H7NO2S. The minimum Gasteiger partial charge on any atom is -0.308 e. The fraction of sp³-hybridized carbons (Fsp3) is 0.111. The molecule has 0 fully saturated rings. The molecule has 2 heterocycles. The normalized spacial score (nSPS) is 10.5. The number of rotatable bonds is 2. The minimum absolute atomic E-state index is 0.0918. The topological polar surface area (TPSA) is 39.1 Å². The van der Waals surface area contributed by atoms with Crippen LogP contribution in [0.5, 0.6) is 0 Å². The lowest BCUT2D eigenvalue weighted by Crippen LogP contribution is -2.19. The quantitative estimate of drug-likeness (QED) is 0.673. The molecular weight excluding hydrogens is 186 g/mol. The summed E-state index contributed by atoms with van der Waals surface area (Å²) in [5.74, 6) is 0. The van der Waals surface area contributed by atoms with Crippen molar-refractivity contribution in [3.8, 4) is 0 Å². The molecule has 2 aromatic heterocycles. The zero-order valence-electron chi connectivity index (χ0n) is 6.77. The molecule has 0 N–H and O–H groups in total. The van der Waals surface area contributed by atoms with E-state index >= 15 is 0 Å². The number of hydrogen-bond donors (Lipinski definition) is 0. The average Bonchev–Trinajstić information content (AvgIpc) is 2.58. The van der Waals surface area contributed by atoms with E-state index in [1.165, 1.54) is 15.9 Å². The van der Waals surface area contributed by atoms with Gasteiger partial charge in [-0.05, 0) is 17.5 Å². The Morgan fingerprint density at radius 1 is 1.46 bits per heavy atom. The maximum atomic E-state index is 11.6. The summed E-state index contributed by atoms with van der Waals surface area (Å²) < 4.78 is 2.37. The van der Waals surface area contributed by atoms with Crippen LogP contribution in [0.1, 0.15) is 0 Å². The van der Waals surface area contributed by atoms with Crippen LogP contribution in [0.2, 0.25) is 0 Å². The monoisotopic (exact) mass is 193 g/mol. The molecule has 0 aliphatic rings. The molecule has 2 rings (SSSR count). The van der Waals surface area contributed by atoms with Gasteiger partial charge in [-0.15, -0.1) is 11.3 Å². The molecule has 0 aromatic carbocycles. The second-order valence-electron chi connectivity index (χ2n) is 2.64. The molecule has 0 aliphatic carbocycles. The van der Waals surface area contributed by atoms with Crippen molar-refractivity contribution in [3.05, 3.63) is 34.1 Å². The fourth-order valence-corrected chi connectivity index (χ4v) is 2.00. The van der Waals surface area contributed by atoms with Crippen molar-refractivity contribution in [2.45, 2.75) is 6.54 Å². The zero-order chi connectivity index (χ0) is 9.26. The highest BCUT2D eigenvalue weighted by Crippen LogP contribution is 2.15. The second-order valence-corrected chi connectivity index (χ2v) is 3.59. The molecule has 0 spiro atoms. The highest BCUT2D eigenvalue weighted by atomic mass is 32.1. The Morgan fingerprint density at radius 2 is 2.31 bits per heavy atom. The highest BCUT2D eigenvalue weighted by molar-refractivity contribution is 7.17. The van der Waals surface area contributed by atoms with Crippen LogP contribution in [-0.2, 0) is 11.3 Å². The summed E-state index contributed by atoms with van der Waals surface area (Å²) in [6, 6.07) is 3.63. The van der Waals surface area contributed by atoms with E-state index in [-0.39, 0.29) is 12.1 Å². The standard InChI is InChI=1S/C9H7NO2S/c11-5-4-10-3-1-8-7(9(10)12)2-6-13-8/h1-3,5-6H,4H2. The zero-order valence-corrected chi connectivity index (χ0v) is 7.58. The van der Waals surface area contributed by atoms with E-state index in [9.17, 15) is 9.59 Å². The van der Waals surface area contributed by atoms with E-state index in [1.54, 1.807) is 12.3 Å². The van der Waals surface area contributed by atoms with Gasteiger partial charge in [0.05, 0.1) is 11.9 Å². The minimum atomic E-state index is -0.0918. The molecule has 2 aromatic rings. The number of nitrogens with zero attached hydrogens (tertiary/aromatic N) is 1. The van der Waals surface area contributed by atoms with Gasteiger partial charge in [-0.3, -0.25) is 4.79 Å². The summed E-state index contributed by atoms with van der Waals surface area (Å²) in [6.07, 6.45) is 2.37. The predicted octanol–water partition coefficient (Wildman–Crippen LogP) is 1.26. The predicted molar refractivity (Wildman–Crippen MR) is 52.1 cm³/mol. The van der Waals surface area contributed by atoms with E-state index in [1.807, 2.05) is 11.4 Å². The van der Waals surface area contributed by atoms with Crippen molar-refractivity contribution in [3.63, 3.8) is 0 Å². The van der Waals surface area contributed by atoms with Crippen molar-refractivity contribution in [1.29, 1.82) is 0 Å². The molecule has 13 heavy (non-hydrogen) atoms. The van der Waals surface area contributed by atoms with E-state index in [2.05, 4.69) is 0 Å². The third kappa shape index (κ3) is 1.29. The summed E-state index contributed by atoms with van der Waals surface area (Å²) in [7, 11) is 0. The van der Waals surface area contributed by atoms with Crippen LogP contribution in [0.4, 0.5) is 0 Å². The third-order valence-corrected chi connectivity index (χ3v) is 2.75. The van der Waals surface area contributed by atoms with Gasteiger partial charge in [0.2, 0.25) is 0 Å². The first-order chi connectivity index (χ1) is 6.33. The number of thiophene rings is 1. The van der Waals surface area contributed by atoms with Crippen LogP contribution in [0.15, 0.2) is 28.5 Å². The van der Waals surface area contributed by atoms with Gasteiger partial charge in [0.25, 0.3) is 5.56 Å². The lowest BCUT2D eigenvalue weighted by atomic mass is 10.3. The number of carbonyl (C=O) groups excluding carboxylic acids is 1.